The molecule has 1 aliphatic carbocycles. The van der Waals surface area contributed by atoms with Crippen LogP contribution >= 0.6 is 0 Å². The van der Waals surface area contributed by atoms with Crippen molar-refractivity contribution in [1.82, 2.24) is 15.5 Å². The van der Waals surface area contributed by atoms with E-state index in [1.807, 2.05) is 0 Å². The Kier molecular flexibility index (Phi) is 4.87. The largest absolute Gasteiger partial charge is 0.355 e. The van der Waals surface area contributed by atoms with Crippen LogP contribution in [0.15, 0.2) is 29.3 Å². The lowest BCUT2D eigenvalue weighted by Gasteiger charge is -2.37. The van der Waals surface area contributed by atoms with Crippen LogP contribution in [0.25, 0.3) is 0 Å². The number of hydrogen-bond acceptors (Lipinski definition) is 2. The smallest absolute Gasteiger partial charge is 0.191 e. The number of guanidine groups is 1. The lowest BCUT2D eigenvalue weighted by Crippen LogP contribution is -2.55. The van der Waals surface area contributed by atoms with Gasteiger partial charge in [-0.3, -0.25) is 4.99 Å². The average Bonchev–Trinajstić information content (AvgIpc) is 2.87. The first-order valence-corrected chi connectivity index (χ1v) is 7.23. The molecule has 1 aromatic carbocycles. The molecule has 0 radical (unpaired) electrons. The minimum absolute atomic E-state index is 0.0808. The third kappa shape index (κ3) is 3.37. The second-order valence-electron chi connectivity index (χ2n) is 5.72. The number of aliphatic imine (C=N–C) groups is 1. The van der Waals surface area contributed by atoms with Crippen LogP contribution in [0.2, 0.25) is 0 Å². The van der Waals surface area contributed by atoms with E-state index in [2.05, 4.69) is 64.8 Å². The molecule has 0 aliphatic heterocycles. The van der Waals surface area contributed by atoms with Crippen molar-refractivity contribution in [1.29, 1.82) is 0 Å². The van der Waals surface area contributed by atoms with Crippen LogP contribution < -0.4 is 10.6 Å². The Balaban J connectivity index is 2.07. The number of fused-ring (bicyclic) bond motifs is 1. The predicted molar refractivity (Wildman–Crippen MR) is 88.5 cm³/mol. The molecule has 1 aliphatic rings. The van der Waals surface area contributed by atoms with E-state index in [1.54, 1.807) is 7.05 Å². The maximum Gasteiger partial charge on any atom is 0.191 e. The number of likely N-dealkylation sites (N-methyl/N-ethyl adjacent to an activating group) is 1. The van der Waals surface area contributed by atoms with Gasteiger partial charge in [-0.1, -0.05) is 30.2 Å². The van der Waals surface area contributed by atoms with Gasteiger partial charge in [0.05, 0.1) is 6.54 Å². The molecule has 2 rings (SSSR count). The molecule has 4 nitrogen and oxygen atoms in total. The molecule has 0 unspecified atom stereocenters. The molecule has 0 fully saturated rings. The number of nitrogens with one attached hydrogen (secondary N) is 2. The molecule has 0 aromatic heterocycles. The van der Waals surface area contributed by atoms with Crippen molar-refractivity contribution in [2.75, 3.05) is 34.2 Å². The van der Waals surface area contributed by atoms with Gasteiger partial charge < -0.3 is 15.5 Å². The van der Waals surface area contributed by atoms with E-state index in [9.17, 15) is 0 Å². The Morgan fingerprint density at radius 2 is 1.90 bits per heavy atom. The first-order chi connectivity index (χ1) is 10.1. The van der Waals surface area contributed by atoms with Crippen molar-refractivity contribution in [3.63, 3.8) is 0 Å². The molecule has 4 heteroatoms. The SMILES string of the molecule is C#CCNC(=NC)NCC1(N(C)C)Cc2ccccc2C1. The molecule has 0 heterocycles. The molecule has 21 heavy (non-hydrogen) atoms. The number of hydrogen-bond donors (Lipinski definition) is 2. The summed E-state index contributed by atoms with van der Waals surface area (Å²) in [6, 6.07) is 8.69. The van der Waals surface area contributed by atoms with Gasteiger partial charge in [0.15, 0.2) is 5.96 Å². The zero-order valence-corrected chi connectivity index (χ0v) is 13.1. The fraction of sp³-hybridized carbons (Fsp3) is 0.471. The summed E-state index contributed by atoms with van der Waals surface area (Å²) in [7, 11) is 6.05. The van der Waals surface area contributed by atoms with Crippen LogP contribution in [0.5, 0.6) is 0 Å². The molecule has 0 saturated carbocycles. The van der Waals surface area contributed by atoms with Crippen LogP contribution in [0.3, 0.4) is 0 Å². The fourth-order valence-electron chi connectivity index (χ4n) is 2.88. The molecule has 1 aromatic rings. The van der Waals surface area contributed by atoms with Crippen molar-refractivity contribution in [2.45, 2.75) is 18.4 Å². The molecule has 0 bridgehead atoms. The van der Waals surface area contributed by atoms with Crippen LogP contribution in [0.4, 0.5) is 0 Å². The summed E-state index contributed by atoms with van der Waals surface area (Å²) in [4.78, 5) is 6.52. The molecule has 112 valence electrons. The summed E-state index contributed by atoms with van der Waals surface area (Å²) in [5, 5.41) is 6.51. The van der Waals surface area contributed by atoms with Gasteiger partial charge in [0.1, 0.15) is 0 Å². The van der Waals surface area contributed by atoms with Gasteiger partial charge in [-0.2, -0.15) is 0 Å². The minimum atomic E-state index is 0.0808. The fourth-order valence-corrected chi connectivity index (χ4v) is 2.88. The van der Waals surface area contributed by atoms with Gasteiger partial charge in [-0.15, -0.1) is 6.42 Å². The van der Waals surface area contributed by atoms with Crippen LogP contribution in [-0.2, 0) is 12.8 Å². The van der Waals surface area contributed by atoms with E-state index in [4.69, 9.17) is 6.42 Å². The lowest BCUT2D eigenvalue weighted by atomic mass is 9.94. The molecule has 2 N–H and O–H groups in total. The lowest BCUT2D eigenvalue weighted by molar-refractivity contribution is 0.165. The van der Waals surface area contributed by atoms with Gasteiger partial charge in [0, 0.05) is 19.1 Å². The van der Waals surface area contributed by atoms with Crippen molar-refractivity contribution < 1.29 is 0 Å². The molecular weight excluding hydrogens is 260 g/mol. The van der Waals surface area contributed by atoms with Gasteiger partial charge >= 0.3 is 0 Å². The summed E-state index contributed by atoms with van der Waals surface area (Å²) >= 11 is 0. The molecule has 0 atom stereocenters. The zero-order valence-electron chi connectivity index (χ0n) is 13.1. The van der Waals surface area contributed by atoms with E-state index in [1.165, 1.54) is 11.1 Å². The Morgan fingerprint density at radius 3 is 2.38 bits per heavy atom. The highest BCUT2D eigenvalue weighted by molar-refractivity contribution is 5.80. The van der Waals surface area contributed by atoms with Crippen molar-refractivity contribution in [2.24, 2.45) is 4.99 Å². The topological polar surface area (TPSA) is 39.7 Å². The standard InChI is InChI=1S/C17H24N4/c1-5-10-19-16(18-2)20-13-17(21(3)4)11-14-8-6-7-9-15(14)12-17/h1,6-9H,10-13H2,2-4H3,(H2,18,19,20). The van der Waals surface area contributed by atoms with Crippen LogP contribution in [-0.4, -0.2) is 50.6 Å². The van der Waals surface area contributed by atoms with Crippen molar-refractivity contribution in [3.05, 3.63) is 35.4 Å². The number of benzene rings is 1. The molecule has 0 saturated heterocycles. The van der Waals surface area contributed by atoms with Gasteiger partial charge in [-0.25, -0.2) is 0 Å². The number of terminal acetylenes is 1. The Labute approximate surface area is 127 Å². The third-order valence-corrected chi connectivity index (χ3v) is 4.27. The summed E-state index contributed by atoms with van der Waals surface area (Å²) in [5.74, 6) is 3.32. The zero-order chi connectivity index (χ0) is 15.3. The van der Waals surface area contributed by atoms with E-state index in [0.717, 1.165) is 25.3 Å². The Bertz CT molecular complexity index is 529. The molecule has 0 spiro atoms. The third-order valence-electron chi connectivity index (χ3n) is 4.27. The first kappa shape index (κ1) is 15.4. The predicted octanol–water partition coefficient (Wildman–Crippen LogP) is 0.884. The average molecular weight is 284 g/mol. The second kappa shape index (κ2) is 6.64. The van der Waals surface area contributed by atoms with Gasteiger partial charge in [-0.05, 0) is 38.1 Å². The molecular formula is C17H24N4. The van der Waals surface area contributed by atoms with E-state index < -0.39 is 0 Å². The van der Waals surface area contributed by atoms with Gasteiger partial charge in [0.2, 0.25) is 0 Å². The highest BCUT2D eigenvalue weighted by Gasteiger charge is 2.39. The Morgan fingerprint density at radius 1 is 1.29 bits per heavy atom. The summed E-state index contributed by atoms with van der Waals surface area (Å²) in [6.45, 7) is 1.31. The van der Waals surface area contributed by atoms with Crippen molar-refractivity contribution in [3.8, 4) is 12.3 Å². The highest BCUT2D eigenvalue weighted by atomic mass is 15.2. The maximum absolute atomic E-state index is 5.28. The van der Waals surface area contributed by atoms with Gasteiger partial charge in [0.25, 0.3) is 0 Å². The summed E-state index contributed by atoms with van der Waals surface area (Å²) < 4.78 is 0. The number of nitrogens with zero attached hydrogens (tertiary/aromatic N) is 2. The van der Waals surface area contributed by atoms with Crippen LogP contribution in [0, 0.1) is 12.3 Å². The summed E-state index contributed by atoms with van der Waals surface area (Å²) in [5.41, 5.74) is 2.97. The quantitative estimate of drug-likeness (QED) is 0.490. The minimum Gasteiger partial charge on any atom is -0.355 e. The maximum atomic E-state index is 5.28. The van der Waals surface area contributed by atoms with E-state index in [-0.39, 0.29) is 5.54 Å². The van der Waals surface area contributed by atoms with Crippen molar-refractivity contribution >= 4 is 5.96 Å². The van der Waals surface area contributed by atoms with Crippen LogP contribution in [0.1, 0.15) is 11.1 Å². The van der Waals surface area contributed by atoms with E-state index in [0.29, 0.717) is 6.54 Å². The first-order valence-electron chi connectivity index (χ1n) is 7.23. The summed E-state index contributed by atoms with van der Waals surface area (Å²) in [6.07, 6.45) is 7.38. The highest BCUT2D eigenvalue weighted by Crippen LogP contribution is 2.32. The van der Waals surface area contributed by atoms with E-state index >= 15 is 0 Å². The monoisotopic (exact) mass is 284 g/mol. The molecule has 0 amide bonds. The normalized spacial score (nSPS) is 16.4. The second-order valence-corrected chi connectivity index (χ2v) is 5.72. The Hall–Kier alpha value is -1.99. The number of rotatable bonds is 4.